The average molecular weight is 267 g/mol. The number of aromatic nitrogens is 2. The molecule has 2 rings (SSSR count). The third kappa shape index (κ3) is 3.30. The van der Waals surface area contributed by atoms with Crippen LogP contribution in [-0.4, -0.2) is 10.1 Å². The Labute approximate surface area is 109 Å². The number of rotatable bonds is 5. The van der Waals surface area contributed by atoms with E-state index < -0.39 is 0 Å². The highest BCUT2D eigenvalue weighted by atomic mass is 32.2. The van der Waals surface area contributed by atoms with E-state index in [1.807, 2.05) is 13.0 Å². The number of nitrogens with two attached hydrogens (primary N) is 1. The van der Waals surface area contributed by atoms with Gasteiger partial charge in [-0.05, 0) is 24.6 Å². The lowest BCUT2D eigenvalue weighted by atomic mass is 10.2. The summed E-state index contributed by atoms with van der Waals surface area (Å²) in [4.78, 5) is 5.04. The maximum Gasteiger partial charge on any atom is 0.243 e. The van der Waals surface area contributed by atoms with Crippen molar-refractivity contribution in [2.24, 2.45) is 5.73 Å². The lowest BCUT2D eigenvalue weighted by molar-refractivity contribution is 0.349. The Morgan fingerprint density at radius 3 is 3.06 bits per heavy atom. The number of thioether (sulfide) groups is 1. The largest absolute Gasteiger partial charge is 0.338 e. The Morgan fingerprint density at radius 1 is 1.50 bits per heavy atom. The van der Waals surface area contributed by atoms with E-state index in [-0.39, 0.29) is 11.9 Å². The lowest BCUT2D eigenvalue weighted by Gasteiger charge is -1.99. The quantitative estimate of drug-likeness (QED) is 0.844. The molecule has 96 valence electrons. The van der Waals surface area contributed by atoms with E-state index in [0.29, 0.717) is 17.5 Å². The highest BCUT2D eigenvalue weighted by molar-refractivity contribution is 7.98. The van der Waals surface area contributed by atoms with Crippen molar-refractivity contribution in [3.63, 3.8) is 0 Å². The number of halogens is 1. The molecule has 0 fully saturated rings. The van der Waals surface area contributed by atoms with Gasteiger partial charge in [0.15, 0.2) is 5.82 Å². The maximum atomic E-state index is 13.0. The van der Waals surface area contributed by atoms with Crippen LogP contribution in [0.5, 0.6) is 0 Å². The minimum Gasteiger partial charge on any atom is -0.338 e. The van der Waals surface area contributed by atoms with Gasteiger partial charge in [0.05, 0.1) is 11.8 Å². The minimum absolute atomic E-state index is 0.217. The summed E-state index contributed by atoms with van der Waals surface area (Å²) >= 11 is 1.45. The van der Waals surface area contributed by atoms with Crippen LogP contribution in [0.4, 0.5) is 4.39 Å². The van der Waals surface area contributed by atoms with E-state index in [9.17, 15) is 4.39 Å². The number of hydrogen-bond acceptors (Lipinski definition) is 5. The molecule has 0 saturated carbocycles. The van der Waals surface area contributed by atoms with Crippen molar-refractivity contribution >= 4 is 11.8 Å². The molecule has 0 aliphatic rings. The van der Waals surface area contributed by atoms with Crippen molar-refractivity contribution < 1.29 is 8.91 Å². The van der Waals surface area contributed by atoms with Gasteiger partial charge in [-0.1, -0.05) is 18.1 Å². The monoisotopic (exact) mass is 267 g/mol. The third-order valence-corrected chi connectivity index (χ3v) is 3.39. The minimum atomic E-state index is -0.248. The van der Waals surface area contributed by atoms with Crippen LogP contribution >= 0.6 is 11.8 Å². The van der Waals surface area contributed by atoms with Crippen LogP contribution in [0.25, 0.3) is 0 Å². The van der Waals surface area contributed by atoms with E-state index in [0.717, 1.165) is 11.3 Å². The van der Waals surface area contributed by atoms with Gasteiger partial charge >= 0.3 is 0 Å². The van der Waals surface area contributed by atoms with Crippen LogP contribution in [0.3, 0.4) is 0 Å². The first-order valence-corrected chi connectivity index (χ1v) is 6.64. The molecule has 1 unspecified atom stereocenters. The van der Waals surface area contributed by atoms with Crippen molar-refractivity contribution in [1.29, 1.82) is 0 Å². The van der Waals surface area contributed by atoms with Crippen LogP contribution < -0.4 is 5.73 Å². The smallest absolute Gasteiger partial charge is 0.243 e. The summed E-state index contributed by atoms with van der Waals surface area (Å²) in [6.07, 6.45) is 0.749. The molecule has 0 saturated heterocycles. The molecule has 2 aromatic rings. The van der Waals surface area contributed by atoms with Crippen molar-refractivity contribution in [1.82, 2.24) is 10.1 Å². The molecule has 1 heterocycles. The van der Waals surface area contributed by atoms with Crippen molar-refractivity contribution in [2.75, 3.05) is 0 Å². The summed E-state index contributed by atoms with van der Waals surface area (Å²) in [6.45, 7) is 1.95. The molecule has 1 aromatic carbocycles. The van der Waals surface area contributed by atoms with Gasteiger partial charge in [-0.2, -0.15) is 4.98 Å². The van der Waals surface area contributed by atoms with Crippen LogP contribution in [0.15, 0.2) is 33.7 Å². The van der Waals surface area contributed by atoms with Gasteiger partial charge < -0.3 is 10.3 Å². The number of benzene rings is 1. The molecule has 0 radical (unpaired) electrons. The summed E-state index contributed by atoms with van der Waals surface area (Å²) in [5.41, 5.74) is 5.78. The fourth-order valence-electron chi connectivity index (χ4n) is 1.36. The predicted octanol–water partition coefficient (Wildman–Crippen LogP) is 2.91. The van der Waals surface area contributed by atoms with Crippen LogP contribution in [0, 0.1) is 5.82 Å². The fraction of sp³-hybridized carbons (Fsp3) is 0.333. The molecule has 0 spiro atoms. The fourth-order valence-corrected chi connectivity index (χ4v) is 2.14. The second-order valence-corrected chi connectivity index (χ2v) is 4.86. The van der Waals surface area contributed by atoms with Crippen LogP contribution in [0.1, 0.15) is 31.1 Å². The molecule has 0 amide bonds. The van der Waals surface area contributed by atoms with Crippen molar-refractivity contribution in [3.8, 4) is 0 Å². The Bertz CT molecular complexity index is 518. The van der Waals surface area contributed by atoms with Gasteiger partial charge in [0.2, 0.25) is 5.89 Å². The molecule has 18 heavy (non-hydrogen) atoms. The lowest BCUT2D eigenvalue weighted by Crippen LogP contribution is -2.08. The third-order valence-electron chi connectivity index (χ3n) is 2.40. The van der Waals surface area contributed by atoms with Gasteiger partial charge in [0.1, 0.15) is 5.82 Å². The topological polar surface area (TPSA) is 64.9 Å². The molecule has 0 aliphatic carbocycles. The Balaban J connectivity index is 1.96. The summed E-state index contributed by atoms with van der Waals surface area (Å²) in [5, 5.41) is 3.84. The zero-order valence-electron chi connectivity index (χ0n) is 9.97. The molecule has 0 aliphatic heterocycles. The highest BCUT2D eigenvalue weighted by Gasteiger charge is 2.12. The molecule has 4 nitrogen and oxygen atoms in total. The van der Waals surface area contributed by atoms with Crippen molar-refractivity contribution in [3.05, 3.63) is 41.8 Å². The highest BCUT2D eigenvalue weighted by Crippen LogP contribution is 2.22. The normalized spacial score (nSPS) is 12.6. The van der Waals surface area contributed by atoms with Gasteiger partial charge in [-0.25, -0.2) is 4.39 Å². The molecule has 2 N–H and O–H groups in total. The second-order valence-electron chi connectivity index (χ2n) is 3.81. The van der Waals surface area contributed by atoms with Crippen molar-refractivity contribution in [2.45, 2.75) is 30.0 Å². The van der Waals surface area contributed by atoms with Crippen LogP contribution in [-0.2, 0) is 5.75 Å². The summed E-state index contributed by atoms with van der Waals surface area (Å²) < 4.78 is 18.0. The Kier molecular flexibility index (Phi) is 4.33. The number of hydrogen-bond donors (Lipinski definition) is 1. The predicted molar refractivity (Wildman–Crippen MR) is 67.5 cm³/mol. The van der Waals surface area contributed by atoms with E-state index in [1.165, 1.54) is 23.9 Å². The van der Waals surface area contributed by atoms with Gasteiger partial charge in [0, 0.05) is 4.90 Å². The maximum absolute atomic E-state index is 13.0. The Hall–Kier alpha value is -1.40. The standard InChI is InChI=1S/C12H14FN3OS/c1-2-10(14)12-15-11(16-17-12)7-18-9-5-3-4-8(13)6-9/h3-6,10H,2,7,14H2,1H3. The first kappa shape index (κ1) is 13.0. The van der Waals surface area contributed by atoms with E-state index in [1.54, 1.807) is 6.07 Å². The van der Waals surface area contributed by atoms with E-state index in [4.69, 9.17) is 10.3 Å². The van der Waals surface area contributed by atoms with E-state index >= 15 is 0 Å². The first-order chi connectivity index (χ1) is 8.69. The first-order valence-electron chi connectivity index (χ1n) is 5.65. The molecular formula is C12H14FN3OS. The second kappa shape index (κ2) is 5.97. The molecule has 6 heteroatoms. The average Bonchev–Trinajstić information content (AvgIpc) is 2.84. The molecular weight excluding hydrogens is 253 g/mol. The van der Waals surface area contributed by atoms with Crippen LogP contribution in [0.2, 0.25) is 0 Å². The van der Waals surface area contributed by atoms with Gasteiger partial charge in [-0.3, -0.25) is 0 Å². The van der Waals surface area contributed by atoms with Gasteiger partial charge in [0.25, 0.3) is 0 Å². The molecule has 1 atom stereocenters. The molecule has 1 aromatic heterocycles. The SMILES string of the molecule is CCC(N)c1nc(CSc2cccc(F)c2)no1. The van der Waals surface area contributed by atoms with E-state index in [2.05, 4.69) is 10.1 Å². The Morgan fingerprint density at radius 2 is 2.33 bits per heavy atom. The summed E-state index contributed by atoms with van der Waals surface area (Å²) in [5.74, 6) is 1.31. The number of nitrogens with zero attached hydrogens (tertiary/aromatic N) is 2. The summed E-state index contributed by atoms with van der Waals surface area (Å²) in [7, 11) is 0. The zero-order valence-corrected chi connectivity index (χ0v) is 10.8. The zero-order chi connectivity index (χ0) is 13.0. The molecule has 0 bridgehead atoms. The van der Waals surface area contributed by atoms with Gasteiger partial charge in [-0.15, -0.1) is 11.8 Å². The summed E-state index contributed by atoms with van der Waals surface area (Å²) in [6, 6.07) is 6.18.